The molecular formula is C39H48BrN3O8. The Bertz CT molecular complexity index is 1600. The molecule has 3 saturated heterocycles. The number of benzene rings is 2. The first-order valence-corrected chi connectivity index (χ1v) is 18.3. The highest BCUT2D eigenvalue weighted by atomic mass is 79.9. The lowest BCUT2D eigenvalue weighted by molar-refractivity contribution is -0.165. The number of esters is 1. The van der Waals surface area contributed by atoms with Crippen molar-refractivity contribution in [2.45, 2.75) is 80.3 Å². The summed E-state index contributed by atoms with van der Waals surface area (Å²) >= 11 is 3.73. The number of alkyl halides is 1. The van der Waals surface area contributed by atoms with Gasteiger partial charge in [0.05, 0.1) is 43.7 Å². The van der Waals surface area contributed by atoms with Gasteiger partial charge in [0.25, 0.3) is 5.91 Å². The molecule has 0 aliphatic carbocycles. The minimum absolute atomic E-state index is 0.124. The van der Waals surface area contributed by atoms with Gasteiger partial charge >= 0.3 is 5.97 Å². The van der Waals surface area contributed by atoms with Crippen LogP contribution in [0.5, 0.6) is 5.75 Å². The second kappa shape index (κ2) is 16.1. The summed E-state index contributed by atoms with van der Waals surface area (Å²) in [5.41, 5.74) is -0.124. The zero-order valence-electron chi connectivity index (χ0n) is 29.7. The largest absolute Gasteiger partial charge is 0.497 e. The third-order valence-corrected chi connectivity index (χ3v) is 11.5. The Morgan fingerprint density at radius 3 is 2.41 bits per heavy atom. The number of aliphatic hydroxyl groups excluding tert-OH is 1. The van der Waals surface area contributed by atoms with Gasteiger partial charge in [-0.05, 0) is 56.0 Å². The van der Waals surface area contributed by atoms with Crippen molar-refractivity contribution in [1.29, 1.82) is 0 Å². The van der Waals surface area contributed by atoms with Gasteiger partial charge in [-0.1, -0.05) is 65.3 Å². The van der Waals surface area contributed by atoms with Crippen LogP contribution in [0.1, 0.15) is 51.2 Å². The van der Waals surface area contributed by atoms with Gasteiger partial charge in [0.1, 0.15) is 23.5 Å². The first-order chi connectivity index (χ1) is 24.5. The number of nitrogens with zero attached hydrogens (tertiary/aromatic N) is 3. The lowest BCUT2D eigenvalue weighted by Gasteiger charge is -2.39. The molecule has 3 amide bonds. The van der Waals surface area contributed by atoms with Gasteiger partial charge in [0.2, 0.25) is 11.8 Å². The summed E-state index contributed by atoms with van der Waals surface area (Å²) in [4.78, 5) is 61.3. The Morgan fingerprint density at radius 1 is 1.14 bits per heavy atom. The number of aliphatic hydroxyl groups is 1. The van der Waals surface area contributed by atoms with Gasteiger partial charge in [-0.2, -0.15) is 0 Å². The highest BCUT2D eigenvalue weighted by Gasteiger charge is 2.77. The molecule has 274 valence electrons. The highest BCUT2D eigenvalue weighted by Crippen LogP contribution is 2.61. The highest BCUT2D eigenvalue weighted by molar-refractivity contribution is 9.09. The number of amides is 3. The topological polar surface area (TPSA) is 126 Å². The maximum atomic E-state index is 14.9. The van der Waals surface area contributed by atoms with E-state index < -0.39 is 65.6 Å². The molecule has 1 spiro atoms. The molecule has 2 aromatic carbocycles. The monoisotopic (exact) mass is 765 g/mol. The maximum absolute atomic E-state index is 14.9. The van der Waals surface area contributed by atoms with E-state index in [4.69, 9.17) is 14.2 Å². The third-order valence-electron chi connectivity index (χ3n) is 10.6. The van der Waals surface area contributed by atoms with Gasteiger partial charge in [-0.3, -0.25) is 19.2 Å². The molecule has 3 aliphatic rings. The summed E-state index contributed by atoms with van der Waals surface area (Å²) in [6.45, 7) is 11.0. The van der Waals surface area contributed by atoms with E-state index in [-0.39, 0.29) is 36.7 Å². The molecule has 0 aromatic heterocycles. The number of anilines is 1. The average molecular weight is 767 g/mol. The van der Waals surface area contributed by atoms with Crippen LogP contribution in [0.25, 0.3) is 0 Å². The number of methoxy groups -OCH3 is 1. The molecule has 2 aromatic rings. The molecule has 2 bridgehead atoms. The van der Waals surface area contributed by atoms with Crippen LogP contribution < -0.4 is 9.64 Å². The fraction of sp³-hybridized carbons (Fsp3) is 0.487. The van der Waals surface area contributed by atoms with Gasteiger partial charge in [-0.25, -0.2) is 0 Å². The zero-order chi connectivity index (χ0) is 37.0. The molecule has 5 rings (SSSR count). The van der Waals surface area contributed by atoms with Crippen LogP contribution >= 0.6 is 15.9 Å². The molecule has 0 radical (unpaired) electrons. The Kier molecular flexibility index (Phi) is 12.1. The van der Waals surface area contributed by atoms with Crippen LogP contribution in [-0.2, 0) is 28.7 Å². The van der Waals surface area contributed by atoms with Crippen molar-refractivity contribution < 1.29 is 38.5 Å². The molecule has 11 nitrogen and oxygen atoms in total. The molecule has 1 N–H and O–H groups in total. The van der Waals surface area contributed by atoms with Crippen LogP contribution in [0, 0.1) is 11.8 Å². The first kappa shape index (κ1) is 38.2. The van der Waals surface area contributed by atoms with Crippen LogP contribution in [0.2, 0.25) is 0 Å². The number of hydrogen-bond donors (Lipinski definition) is 1. The van der Waals surface area contributed by atoms with Crippen LogP contribution in [0.15, 0.2) is 79.9 Å². The number of carbonyl (C=O) groups is 4. The minimum atomic E-state index is -1.38. The van der Waals surface area contributed by atoms with E-state index in [1.165, 1.54) is 9.80 Å². The molecular weight excluding hydrogens is 718 g/mol. The number of ether oxygens (including phenoxy) is 3. The standard InChI is InChI=1S/C39H48BrN3O8/c1-7-10-16-30(45)41(5)24(4)33(25-14-12-11-13-15-25)50-38(48)31-32-36(46)43(26(9-3)23-44)35(39(32)22-29(40)34(31)51-39)37(47)42(21-8-2)27-17-19-28(49-6)20-18-27/h7-8,11-15,17-20,24,26,29,31-35,44H,1-2,9-10,16,21-23H2,3-6H3/t24-,26-,29?,31-,32+,33+,34-,35-,39+/m0/s1. The lowest BCUT2D eigenvalue weighted by Crippen LogP contribution is -2.59. The van der Waals surface area contributed by atoms with E-state index >= 15 is 0 Å². The Hall–Kier alpha value is -4.00. The number of fused-ring (bicyclic) bond motifs is 1. The normalized spacial score (nSPS) is 26.5. The van der Waals surface area contributed by atoms with E-state index in [9.17, 15) is 24.3 Å². The maximum Gasteiger partial charge on any atom is 0.313 e. The van der Waals surface area contributed by atoms with E-state index in [1.807, 2.05) is 44.2 Å². The fourth-order valence-corrected chi connectivity index (χ4v) is 8.85. The Morgan fingerprint density at radius 2 is 1.82 bits per heavy atom. The van der Waals surface area contributed by atoms with Crippen molar-refractivity contribution in [2.75, 3.05) is 32.2 Å². The predicted octanol–water partition coefficient (Wildman–Crippen LogP) is 4.83. The van der Waals surface area contributed by atoms with E-state index in [2.05, 4.69) is 29.1 Å². The van der Waals surface area contributed by atoms with E-state index in [0.29, 0.717) is 29.8 Å². The number of likely N-dealkylation sites (N-methyl/N-ethyl adjacent to an activating group) is 1. The summed E-state index contributed by atoms with van der Waals surface area (Å²) < 4.78 is 18.4. The fourth-order valence-electron chi connectivity index (χ4n) is 7.91. The average Bonchev–Trinajstić information content (AvgIpc) is 3.75. The first-order valence-electron chi connectivity index (χ1n) is 17.4. The molecule has 3 heterocycles. The van der Waals surface area contributed by atoms with Crippen molar-refractivity contribution in [3.8, 4) is 5.75 Å². The SMILES string of the molecule is C=CCCC(=O)N(C)[C@@H](C)[C@@H](OC(=O)[C@@H]1[C@H]2O[C@@]3(CC2Br)[C@H](C(=O)N(CC=C)c2ccc(OC)cc2)N([C@@H](CC)CO)C(=O)[C@@H]13)c1ccccc1. The van der Waals surface area contributed by atoms with Gasteiger partial charge in [-0.15, -0.1) is 13.2 Å². The smallest absolute Gasteiger partial charge is 0.313 e. The second-order valence-electron chi connectivity index (χ2n) is 13.4. The minimum Gasteiger partial charge on any atom is -0.497 e. The number of hydrogen-bond acceptors (Lipinski definition) is 8. The summed E-state index contributed by atoms with van der Waals surface area (Å²) in [5, 5.41) is 10.5. The second-order valence-corrected chi connectivity index (χ2v) is 14.6. The predicted molar refractivity (Wildman–Crippen MR) is 196 cm³/mol. The molecule has 51 heavy (non-hydrogen) atoms. The summed E-state index contributed by atoms with van der Waals surface area (Å²) in [7, 11) is 3.23. The van der Waals surface area contributed by atoms with E-state index in [1.54, 1.807) is 55.5 Å². The molecule has 3 aliphatic heterocycles. The molecule has 9 atom stereocenters. The van der Waals surface area contributed by atoms with Crippen molar-refractivity contribution in [3.63, 3.8) is 0 Å². The Labute approximate surface area is 308 Å². The quantitative estimate of drug-likeness (QED) is 0.146. The summed E-state index contributed by atoms with van der Waals surface area (Å²) in [6.07, 6.45) is 3.10. The van der Waals surface area contributed by atoms with Gasteiger partial charge in [0.15, 0.2) is 0 Å². The molecule has 12 heteroatoms. The lowest BCUT2D eigenvalue weighted by atomic mass is 9.70. The summed E-state index contributed by atoms with van der Waals surface area (Å²) in [6, 6.07) is 13.8. The van der Waals surface area contributed by atoms with Crippen molar-refractivity contribution in [1.82, 2.24) is 9.80 Å². The van der Waals surface area contributed by atoms with Crippen LogP contribution in [-0.4, -0.2) is 101 Å². The Balaban J connectivity index is 1.54. The number of likely N-dealkylation sites (tertiary alicyclic amines) is 1. The summed E-state index contributed by atoms with van der Waals surface area (Å²) in [5.74, 6) is -3.11. The van der Waals surface area contributed by atoms with Crippen molar-refractivity contribution in [3.05, 3.63) is 85.5 Å². The third kappa shape index (κ3) is 6.97. The van der Waals surface area contributed by atoms with Crippen LogP contribution in [0.4, 0.5) is 5.69 Å². The van der Waals surface area contributed by atoms with Gasteiger partial charge < -0.3 is 34.0 Å². The van der Waals surface area contributed by atoms with Crippen LogP contribution in [0.3, 0.4) is 0 Å². The molecule has 0 saturated carbocycles. The van der Waals surface area contributed by atoms with E-state index in [0.717, 1.165) is 0 Å². The number of allylic oxidation sites excluding steroid dienone is 1. The zero-order valence-corrected chi connectivity index (χ0v) is 31.2. The number of halogens is 1. The number of rotatable bonds is 16. The number of carbonyl (C=O) groups excluding carboxylic acids is 4. The van der Waals surface area contributed by atoms with Crippen molar-refractivity contribution >= 4 is 45.3 Å². The van der Waals surface area contributed by atoms with Crippen molar-refractivity contribution in [2.24, 2.45) is 11.8 Å². The molecule has 1 unspecified atom stereocenters. The molecule has 3 fully saturated rings. The van der Waals surface area contributed by atoms with Gasteiger partial charge in [0, 0.05) is 30.5 Å².